The van der Waals surface area contributed by atoms with E-state index in [1.165, 1.54) is 0 Å². The van der Waals surface area contributed by atoms with Crippen LogP contribution in [0, 0.1) is 5.41 Å². The van der Waals surface area contributed by atoms with E-state index in [0.717, 1.165) is 18.7 Å². The number of piperazine rings is 1. The van der Waals surface area contributed by atoms with Gasteiger partial charge in [-0.1, -0.05) is 25.9 Å². The molecule has 1 aliphatic rings. The second-order valence-corrected chi connectivity index (χ2v) is 8.85. The molecule has 1 fully saturated rings. The minimum absolute atomic E-state index is 0.0465. The predicted molar refractivity (Wildman–Crippen MR) is 107 cm³/mol. The summed E-state index contributed by atoms with van der Waals surface area (Å²) in [5.41, 5.74) is 0.445. The van der Waals surface area contributed by atoms with E-state index < -0.39 is 11.5 Å². The molecule has 1 aliphatic heterocycles. The van der Waals surface area contributed by atoms with Crippen LogP contribution in [0.1, 0.15) is 33.6 Å². The standard InChI is InChI=1S/C19H27N5O3S/c1-13(20-18(26)19(2,3)4)17(25)24-8-6-23(7-9-24)11-15-21-16(22-27-15)14-5-10-28-12-14/h5,10,12-13H,6-9,11H2,1-4H3,(H,20,26). The van der Waals surface area contributed by atoms with Gasteiger partial charge in [0.05, 0.1) is 6.54 Å². The highest BCUT2D eigenvalue weighted by molar-refractivity contribution is 7.08. The summed E-state index contributed by atoms with van der Waals surface area (Å²) in [6.07, 6.45) is 0. The minimum atomic E-state index is -0.526. The Kier molecular flexibility index (Phi) is 6.14. The molecule has 152 valence electrons. The monoisotopic (exact) mass is 405 g/mol. The number of hydrogen-bond acceptors (Lipinski definition) is 7. The topological polar surface area (TPSA) is 91.6 Å². The lowest BCUT2D eigenvalue weighted by atomic mass is 9.95. The third-order valence-corrected chi connectivity index (χ3v) is 5.37. The van der Waals surface area contributed by atoms with E-state index in [2.05, 4.69) is 20.4 Å². The molecule has 1 saturated heterocycles. The highest BCUT2D eigenvalue weighted by Crippen LogP contribution is 2.19. The number of nitrogens with zero attached hydrogens (tertiary/aromatic N) is 4. The van der Waals surface area contributed by atoms with Crippen molar-refractivity contribution in [2.75, 3.05) is 26.2 Å². The van der Waals surface area contributed by atoms with Gasteiger partial charge in [0.15, 0.2) is 0 Å². The molecule has 0 aliphatic carbocycles. The fourth-order valence-corrected chi connectivity index (χ4v) is 3.53. The number of amides is 2. The molecular weight excluding hydrogens is 378 g/mol. The van der Waals surface area contributed by atoms with Gasteiger partial charge in [-0.15, -0.1) is 0 Å². The maximum atomic E-state index is 12.6. The molecule has 0 saturated carbocycles. The number of hydrogen-bond donors (Lipinski definition) is 1. The van der Waals surface area contributed by atoms with Crippen LogP contribution in [0.2, 0.25) is 0 Å². The normalized spacial score (nSPS) is 16.8. The van der Waals surface area contributed by atoms with Crippen LogP contribution in [0.4, 0.5) is 0 Å². The predicted octanol–water partition coefficient (Wildman–Crippen LogP) is 1.99. The SMILES string of the molecule is CC(NC(=O)C(C)(C)C)C(=O)N1CCN(Cc2nc(-c3ccsc3)no2)CC1. The Morgan fingerprint density at radius 3 is 2.61 bits per heavy atom. The van der Waals surface area contributed by atoms with Crippen molar-refractivity contribution in [1.29, 1.82) is 0 Å². The molecule has 9 heteroatoms. The molecule has 1 unspecified atom stereocenters. The molecule has 0 bridgehead atoms. The van der Waals surface area contributed by atoms with Crippen molar-refractivity contribution in [1.82, 2.24) is 25.3 Å². The number of aromatic nitrogens is 2. The van der Waals surface area contributed by atoms with Crippen LogP contribution in [-0.4, -0.2) is 64.0 Å². The van der Waals surface area contributed by atoms with Crippen LogP contribution in [0.25, 0.3) is 11.4 Å². The largest absolute Gasteiger partial charge is 0.344 e. The van der Waals surface area contributed by atoms with Gasteiger partial charge in [0.25, 0.3) is 0 Å². The minimum Gasteiger partial charge on any atom is -0.344 e. The second-order valence-electron chi connectivity index (χ2n) is 8.07. The summed E-state index contributed by atoms with van der Waals surface area (Å²) in [4.78, 5) is 33.1. The molecular formula is C19H27N5O3S. The molecule has 2 amide bonds. The van der Waals surface area contributed by atoms with Gasteiger partial charge in [-0.25, -0.2) is 0 Å². The molecule has 1 N–H and O–H groups in total. The first kappa shape index (κ1) is 20.5. The number of nitrogens with one attached hydrogen (secondary N) is 1. The van der Waals surface area contributed by atoms with Gasteiger partial charge in [-0.3, -0.25) is 14.5 Å². The summed E-state index contributed by atoms with van der Waals surface area (Å²) >= 11 is 1.59. The van der Waals surface area contributed by atoms with E-state index in [9.17, 15) is 9.59 Å². The molecule has 0 radical (unpaired) electrons. The van der Waals surface area contributed by atoms with Gasteiger partial charge in [-0.2, -0.15) is 16.3 Å². The van der Waals surface area contributed by atoms with Crippen molar-refractivity contribution < 1.29 is 14.1 Å². The summed E-state index contributed by atoms with van der Waals surface area (Å²) < 4.78 is 5.35. The second kappa shape index (κ2) is 8.40. The molecule has 2 aromatic rings. The molecule has 8 nitrogen and oxygen atoms in total. The average Bonchev–Trinajstić information content (AvgIpc) is 3.32. The first-order chi connectivity index (χ1) is 13.2. The number of carbonyl (C=O) groups excluding carboxylic acids is 2. The molecule has 1 atom stereocenters. The highest BCUT2D eigenvalue weighted by atomic mass is 32.1. The van der Waals surface area contributed by atoms with Crippen LogP contribution >= 0.6 is 11.3 Å². The van der Waals surface area contributed by atoms with E-state index in [1.807, 2.05) is 37.6 Å². The lowest BCUT2D eigenvalue weighted by Crippen LogP contribution is -2.55. The van der Waals surface area contributed by atoms with E-state index in [4.69, 9.17) is 4.52 Å². The zero-order chi connectivity index (χ0) is 20.3. The van der Waals surface area contributed by atoms with Gasteiger partial charge in [-0.05, 0) is 18.4 Å². The van der Waals surface area contributed by atoms with Gasteiger partial charge in [0.2, 0.25) is 23.5 Å². The van der Waals surface area contributed by atoms with Crippen molar-refractivity contribution in [2.45, 2.75) is 40.3 Å². The van der Waals surface area contributed by atoms with Crippen LogP contribution < -0.4 is 5.32 Å². The van der Waals surface area contributed by atoms with Crippen LogP contribution in [0.3, 0.4) is 0 Å². The van der Waals surface area contributed by atoms with Crippen molar-refractivity contribution in [3.05, 3.63) is 22.7 Å². The maximum Gasteiger partial charge on any atom is 0.244 e. The Morgan fingerprint density at radius 1 is 1.29 bits per heavy atom. The Bertz CT molecular complexity index is 804. The third kappa shape index (κ3) is 4.96. The zero-order valence-electron chi connectivity index (χ0n) is 16.8. The Morgan fingerprint density at radius 2 is 2.00 bits per heavy atom. The first-order valence-electron chi connectivity index (χ1n) is 9.41. The number of carbonyl (C=O) groups is 2. The quantitative estimate of drug-likeness (QED) is 0.818. The van der Waals surface area contributed by atoms with Gasteiger partial charge < -0.3 is 14.7 Å². The zero-order valence-corrected chi connectivity index (χ0v) is 17.6. The summed E-state index contributed by atoms with van der Waals surface area (Å²) in [6.45, 7) is 10.5. The molecule has 3 rings (SSSR count). The van der Waals surface area contributed by atoms with E-state index in [0.29, 0.717) is 31.3 Å². The summed E-state index contributed by atoms with van der Waals surface area (Å²) in [5, 5.41) is 10.8. The van der Waals surface area contributed by atoms with Crippen LogP contribution in [0.5, 0.6) is 0 Å². The van der Waals surface area contributed by atoms with Crippen molar-refractivity contribution in [3.63, 3.8) is 0 Å². The maximum absolute atomic E-state index is 12.6. The molecule has 0 spiro atoms. The van der Waals surface area contributed by atoms with E-state index in [1.54, 1.807) is 23.2 Å². The van der Waals surface area contributed by atoms with Crippen molar-refractivity contribution in [3.8, 4) is 11.4 Å². The lowest BCUT2D eigenvalue weighted by molar-refractivity contribution is -0.139. The van der Waals surface area contributed by atoms with E-state index in [-0.39, 0.29) is 11.8 Å². The molecule has 28 heavy (non-hydrogen) atoms. The van der Waals surface area contributed by atoms with Crippen molar-refractivity contribution >= 4 is 23.2 Å². The smallest absolute Gasteiger partial charge is 0.244 e. The Hall–Kier alpha value is -2.26. The highest BCUT2D eigenvalue weighted by Gasteiger charge is 2.29. The Balaban J connectivity index is 1.48. The van der Waals surface area contributed by atoms with Crippen molar-refractivity contribution in [2.24, 2.45) is 5.41 Å². The van der Waals surface area contributed by atoms with E-state index >= 15 is 0 Å². The summed E-state index contributed by atoms with van der Waals surface area (Å²) in [7, 11) is 0. The van der Waals surface area contributed by atoms with Gasteiger partial charge >= 0.3 is 0 Å². The molecule has 2 aromatic heterocycles. The number of thiophene rings is 1. The Labute approximate surface area is 168 Å². The number of rotatable bonds is 5. The molecule has 3 heterocycles. The van der Waals surface area contributed by atoms with Gasteiger partial charge in [0.1, 0.15) is 6.04 Å². The molecule has 0 aromatic carbocycles. The average molecular weight is 406 g/mol. The third-order valence-electron chi connectivity index (χ3n) is 4.69. The summed E-state index contributed by atoms with van der Waals surface area (Å²) in [6, 6.07) is 1.44. The fourth-order valence-electron chi connectivity index (χ4n) is 2.89. The van der Waals surface area contributed by atoms with Gasteiger partial charge in [0, 0.05) is 42.5 Å². The first-order valence-corrected chi connectivity index (χ1v) is 10.4. The van der Waals surface area contributed by atoms with Crippen LogP contribution in [0.15, 0.2) is 21.3 Å². The fraction of sp³-hybridized carbons (Fsp3) is 0.579. The summed E-state index contributed by atoms with van der Waals surface area (Å²) in [5.74, 6) is 1.01. The lowest BCUT2D eigenvalue weighted by Gasteiger charge is -2.35. The van der Waals surface area contributed by atoms with Crippen LogP contribution in [-0.2, 0) is 16.1 Å².